The molecule has 0 aliphatic heterocycles. The molecule has 0 unspecified atom stereocenters. The van der Waals surface area contributed by atoms with Crippen molar-refractivity contribution < 1.29 is 31.5 Å². The Morgan fingerprint density at radius 1 is 0.875 bits per heavy atom. The molecule has 166 valence electrons. The van der Waals surface area contributed by atoms with Crippen LogP contribution < -0.4 is 10.9 Å². The van der Waals surface area contributed by atoms with Crippen molar-refractivity contribution in [1.82, 2.24) is 9.88 Å². The molecule has 1 heterocycles. The van der Waals surface area contributed by atoms with Crippen molar-refractivity contribution in [3.05, 3.63) is 105 Å². The second kappa shape index (κ2) is 9.13. The number of hydrogen-bond donors (Lipinski definition) is 1. The van der Waals surface area contributed by atoms with E-state index in [0.717, 1.165) is 53.2 Å². The van der Waals surface area contributed by atoms with Gasteiger partial charge in [-0.1, -0.05) is 18.2 Å². The molecule has 2 aromatic carbocycles. The summed E-state index contributed by atoms with van der Waals surface area (Å²) in [7, 11) is 0. The molecule has 0 bridgehead atoms. The van der Waals surface area contributed by atoms with Gasteiger partial charge < -0.3 is 9.88 Å². The van der Waals surface area contributed by atoms with Crippen molar-refractivity contribution in [3.63, 3.8) is 0 Å². The predicted molar refractivity (Wildman–Crippen MR) is 104 cm³/mol. The number of nitrogens with zero attached hydrogens (tertiary/aromatic N) is 1. The van der Waals surface area contributed by atoms with Gasteiger partial charge in [0.15, 0.2) is 17.4 Å². The summed E-state index contributed by atoms with van der Waals surface area (Å²) in [5.74, 6) is -3.34. The number of alkyl halides is 3. The number of halogens is 5. The highest BCUT2D eigenvalue weighted by Gasteiger charge is 2.30. The maximum atomic E-state index is 13.3. The van der Waals surface area contributed by atoms with E-state index >= 15 is 0 Å². The van der Waals surface area contributed by atoms with Crippen LogP contribution in [0.25, 0.3) is 0 Å². The van der Waals surface area contributed by atoms with E-state index in [1.54, 1.807) is 0 Å². The number of hydrogen-bond acceptors (Lipinski definition) is 3. The Bertz CT molecular complexity index is 1220. The third-order valence-corrected chi connectivity index (χ3v) is 4.53. The van der Waals surface area contributed by atoms with E-state index in [4.69, 9.17) is 0 Å². The molecule has 0 radical (unpaired) electrons. The van der Waals surface area contributed by atoms with Gasteiger partial charge in [0.1, 0.15) is 0 Å². The molecular formula is C22H15F5N2O3. The van der Waals surface area contributed by atoms with Crippen LogP contribution in [0, 0.1) is 11.6 Å². The number of carbonyl (C=O) groups is 2. The van der Waals surface area contributed by atoms with Crippen LogP contribution in [-0.2, 0) is 19.3 Å². The Hall–Kier alpha value is -3.82. The molecule has 32 heavy (non-hydrogen) atoms. The smallest absolute Gasteiger partial charge is 0.348 e. The number of aromatic nitrogens is 1. The van der Waals surface area contributed by atoms with Crippen molar-refractivity contribution in [2.24, 2.45) is 0 Å². The highest BCUT2D eigenvalue weighted by Crippen LogP contribution is 2.29. The number of rotatable bonds is 6. The average molecular weight is 450 g/mol. The molecule has 0 spiro atoms. The number of carbonyl (C=O) groups excluding carboxylic acids is 2. The molecule has 5 nitrogen and oxygen atoms in total. The van der Waals surface area contributed by atoms with Gasteiger partial charge >= 0.3 is 6.18 Å². The largest absolute Gasteiger partial charge is 0.416 e. The van der Waals surface area contributed by atoms with Gasteiger partial charge in [0.05, 0.1) is 17.7 Å². The first-order valence-corrected chi connectivity index (χ1v) is 9.17. The third kappa shape index (κ3) is 5.45. The van der Waals surface area contributed by atoms with Gasteiger partial charge in [-0.15, -0.1) is 0 Å². The molecule has 1 aromatic heterocycles. The average Bonchev–Trinajstić information content (AvgIpc) is 2.75. The highest BCUT2D eigenvalue weighted by molar-refractivity contribution is 5.96. The Labute approximate surface area is 178 Å². The lowest BCUT2D eigenvalue weighted by Gasteiger charge is -2.10. The summed E-state index contributed by atoms with van der Waals surface area (Å²) in [5.41, 5.74) is -1.21. The van der Waals surface area contributed by atoms with Crippen molar-refractivity contribution in [3.8, 4) is 0 Å². The molecule has 0 aliphatic rings. The molecule has 0 saturated carbocycles. The zero-order chi connectivity index (χ0) is 23.5. The SMILES string of the molecule is O=C(Cn1cc(C(=O)NCc2ccc(F)c(F)c2)ccc1=O)c1ccc(C(F)(F)F)cc1. The Morgan fingerprint density at radius 3 is 2.16 bits per heavy atom. The molecule has 0 aliphatic carbocycles. The predicted octanol–water partition coefficient (Wildman–Crippen LogP) is 3.96. The van der Waals surface area contributed by atoms with Gasteiger partial charge in [-0.05, 0) is 35.9 Å². The molecule has 0 atom stereocenters. The molecular weight excluding hydrogens is 435 g/mol. The highest BCUT2D eigenvalue weighted by atomic mass is 19.4. The number of benzene rings is 2. The Morgan fingerprint density at radius 2 is 1.53 bits per heavy atom. The van der Waals surface area contributed by atoms with Gasteiger partial charge in [0.25, 0.3) is 11.5 Å². The summed E-state index contributed by atoms with van der Waals surface area (Å²) in [6.45, 7) is -0.603. The second-order valence-corrected chi connectivity index (χ2v) is 6.81. The molecule has 0 saturated heterocycles. The maximum absolute atomic E-state index is 13.3. The van der Waals surface area contributed by atoms with E-state index in [0.29, 0.717) is 5.56 Å². The number of pyridine rings is 1. The lowest BCUT2D eigenvalue weighted by Crippen LogP contribution is -2.28. The number of nitrogens with one attached hydrogen (secondary N) is 1. The van der Waals surface area contributed by atoms with E-state index < -0.39 is 47.2 Å². The summed E-state index contributed by atoms with van der Waals surface area (Å²) in [6.07, 6.45) is -3.41. The third-order valence-electron chi connectivity index (χ3n) is 4.53. The van der Waals surface area contributed by atoms with Crippen LogP contribution in [0.1, 0.15) is 31.8 Å². The van der Waals surface area contributed by atoms with Crippen LogP contribution in [0.2, 0.25) is 0 Å². The van der Waals surface area contributed by atoms with Crippen molar-refractivity contribution in [2.75, 3.05) is 0 Å². The van der Waals surface area contributed by atoms with Gasteiger partial charge in [0, 0.05) is 24.4 Å². The lowest BCUT2D eigenvalue weighted by molar-refractivity contribution is -0.137. The fourth-order valence-electron chi connectivity index (χ4n) is 2.81. The fourth-order valence-corrected chi connectivity index (χ4v) is 2.81. The van der Waals surface area contributed by atoms with E-state index in [1.807, 2.05) is 0 Å². The molecule has 3 aromatic rings. The van der Waals surface area contributed by atoms with Crippen molar-refractivity contribution >= 4 is 11.7 Å². The van der Waals surface area contributed by atoms with Gasteiger partial charge in [-0.2, -0.15) is 13.2 Å². The topological polar surface area (TPSA) is 68.2 Å². The van der Waals surface area contributed by atoms with Gasteiger partial charge in [-0.3, -0.25) is 14.4 Å². The van der Waals surface area contributed by atoms with E-state index in [-0.39, 0.29) is 17.7 Å². The molecule has 1 N–H and O–H groups in total. The zero-order valence-electron chi connectivity index (χ0n) is 16.2. The maximum Gasteiger partial charge on any atom is 0.416 e. The molecule has 3 rings (SSSR count). The van der Waals surface area contributed by atoms with Crippen LogP contribution in [-0.4, -0.2) is 16.3 Å². The van der Waals surface area contributed by atoms with Gasteiger partial charge in [0.2, 0.25) is 0 Å². The minimum absolute atomic E-state index is 0.0207. The molecule has 10 heteroatoms. The Kier molecular flexibility index (Phi) is 6.52. The number of amides is 1. The second-order valence-electron chi connectivity index (χ2n) is 6.81. The minimum atomic E-state index is -4.54. The number of ketones is 1. The minimum Gasteiger partial charge on any atom is -0.348 e. The number of Topliss-reactive ketones (excluding diaryl/α,β-unsaturated/α-hetero) is 1. The monoisotopic (exact) mass is 450 g/mol. The lowest BCUT2D eigenvalue weighted by atomic mass is 10.1. The first-order chi connectivity index (χ1) is 15.0. The molecule has 1 amide bonds. The van der Waals surface area contributed by atoms with Crippen LogP contribution >= 0.6 is 0 Å². The van der Waals surface area contributed by atoms with Crippen LogP contribution in [0.15, 0.2) is 65.6 Å². The van der Waals surface area contributed by atoms with Gasteiger partial charge in [-0.25, -0.2) is 8.78 Å². The summed E-state index contributed by atoms with van der Waals surface area (Å²) < 4.78 is 65.1. The zero-order valence-corrected chi connectivity index (χ0v) is 16.2. The summed E-state index contributed by atoms with van der Waals surface area (Å²) in [4.78, 5) is 36.8. The van der Waals surface area contributed by atoms with E-state index in [9.17, 15) is 36.3 Å². The standard InChI is InChI=1S/C22H15F5N2O3/c23-17-7-1-13(9-18(17)24)10-28-21(32)15-4-8-20(31)29(11-15)12-19(30)14-2-5-16(6-3-14)22(25,26)27/h1-9,11H,10,12H2,(H,28,32). The van der Waals surface area contributed by atoms with Crippen LogP contribution in [0.3, 0.4) is 0 Å². The normalized spacial score (nSPS) is 11.3. The van der Waals surface area contributed by atoms with E-state index in [2.05, 4.69) is 5.32 Å². The Balaban J connectivity index is 1.70. The first kappa shape index (κ1) is 22.9. The van der Waals surface area contributed by atoms with E-state index in [1.165, 1.54) is 12.1 Å². The molecule has 0 fully saturated rings. The van der Waals surface area contributed by atoms with Crippen molar-refractivity contribution in [1.29, 1.82) is 0 Å². The first-order valence-electron chi connectivity index (χ1n) is 9.17. The van der Waals surface area contributed by atoms with Crippen LogP contribution in [0.5, 0.6) is 0 Å². The summed E-state index contributed by atoms with van der Waals surface area (Å²) in [5, 5.41) is 2.48. The quantitative estimate of drug-likeness (QED) is 0.457. The summed E-state index contributed by atoms with van der Waals surface area (Å²) >= 11 is 0. The van der Waals surface area contributed by atoms with Crippen molar-refractivity contribution in [2.45, 2.75) is 19.3 Å². The fraction of sp³-hybridized carbons (Fsp3) is 0.136. The van der Waals surface area contributed by atoms with Crippen LogP contribution in [0.4, 0.5) is 22.0 Å². The summed E-state index contributed by atoms with van der Waals surface area (Å²) in [6, 6.07) is 8.97.